The van der Waals surface area contributed by atoms with Gasteiger partial charge >= 0.3 is 24.0 Å². The number of ether oxygens (including phenoxy) is 2. The second kappa shape index (κ2) is 8.23. The van der Waals surface area contributed by atoms with Gasteiger partial charge in [-0.3, -0.25) is 14.5 Å². The Hall–Kier alpha value is -3.88. The van der Waals surface area contributed by atoms with Gasteiger partial charge in [-0.15, -0.1) is 0 Å². The number of rotatable bonds is 7. The van der Waals surface area contributed by atoms with Crippen LogP contribution in [0.3, 0.4) is 0 Å². The van der Waals surface area contributed by atoms with Crippen LogP contribution in [0.15, 0.2) is 60.7 Å². The quantitative estimate of drug-likeness (QED) is 0.483. The van der Waals surface area contributed by atoms with Crippen LogP contribution in [0.25, 0.3) is 0 Å². The molecule has 2 N–H and O–H groups in total. The molecule has 0 spiro atoms. The van der Waals surface area contributed by atoms with Crippen LogP contribution in [0, 0.1) is 16.7 Å². The van der Waals surface area contributed by atoms with Crippen LogP contribution in [0.1, 0.15) is 18.1 Å². The summed E-state index contributed by atoms with van der Waals surface area (Å²) >= 11 is 0. The second-order valence-electron chi connectivity index (χ2n) is 8.44. The fraction of sp³-hybridized carbons (Fsp3) is 0.333. The molecule has 1 heterocycles. The second-order valence-corrected chi connectivity index (χ2v) is 8.44. The zero-order valence-corrected chi connectivity index (χ0v) is 17.8. The topological polar surface area (TPSA) is 130 Å². The molecular formula is C24H23NO8. The van der Waals surface area contributed by atoms with Crippen molar-refractivity contribution in [3.05, 3.63) is 71.8 Å². The predicted octanol–water partition coefficient (Wildman–Crippen LogP) is 2.54. The van der Waals surface area contributed by atoms with Crippen molar-refractivity contribution in [3.63, 3.8) is 0 Å². The number of aliphatic carboxylic acids is 2. The smallest absolute Gasteiger partial charge is 0.410 e. The number of carbonyl (C=O) groups excluding carboxylic acids is 2. The zero-order chi connectivity index (χ0) is 23.8. The third-order valence-corrected chi connectivity index (χ3v) is 6.83. The molecule has 2 aromatic rings. The van der Waals surface area contributed by atoms with Gasteiger partial charge in [0.1, 0.15) is 19.3 Å². The lowest BCUT2D eigenvalue weighted by atomic mass is 9.86. The number of carboxylic acids is 2. The molecule has 1 aliphatic heterocycles. The minimum Gasteiger partial charge on any atom is -0.480 e. The molecule has 33 heavy (non-hydrogen) atoms. The highest BCUT2D eigenvalue weighted by atomic mass is 16.6. The van der Waals surface area contributed by atoms with Crippen LogP contribution in [0.4, 0.5) is 4.79 Å². The van der Waals surface area contributed by atoms with Crippen molar-refractivity contribution in [2.75, 3.05) is 6.54 Å². The lowest BCUT2D eigenvalue weighted by Crippen LogP contribution is -2.52. The van der Waals surface area contributed by atoms with Gasteiger partial charge in [0.25, 0.3) is 0 Å². The molecule has 3 atom stereocenters. The minimum absolute atomic E-state index is 0.0493. The number of esters is 1. The zero-order valence-electron chi connectivity index (χ0n) is 17.8. The van der Waals surface area contributed by atoms with Crippen molar-refractivity contribution in [1.29, 1.82) is 0 Å². The number of hydrogen-bond acceptors (Lipinski definition) is 6. The van der Waals surface area contributed by atoms with Gasteiger partial charge in [0.2, 0.25) is 0 Å². The van der Waals surface area contributed by atoms with Crippen LogP contribution < -0.4 is 0 Å². The molecule has 2 fully saturated rings. The van der Waals surface area contributed by atoms with Crippen molar-refractivity contribution in [2.24, 2.45) is 16.7 Å². The van der Waals surface area contributed by atoms with Crippen molar-refractivity contribution >= 4 is 24.0 Å². The first-order chi connectivity index (χ1) is 15.7. The monoisotopic (exact) mass is 453 g/mol. The summed E-state index contributed by atoms with van der Waals surface area (Å²) in [7, 11) is 0. The minimum atomic E-state index is -2.18. The van der Waals surface area contributed by atoms with Crippen molar-refractivity contribution in [1.82, 2.24) is 4.90 Å². The van der Waals surface area contributed by atoms with Crippen LogP contribution in [0.2, 0.25) is 0 Å². The van der Waals surface area contributed by atoms with Gasteiger partial charge in [-0.25, -0.2) is 9.59 Å². The number of nitrogens with zero attached hydrogens (tertiary/aromatic N) is 1. The molecule has 1 saturated carbocycles. The molecule has 3 unspecified atom stereocenters. The third-order valence-electron chi connectivity index (χ3n) is 6.83. The number of piperidine rings is 1. The van der Waals surface area contributed by atoms with Gasteiger partial charge in [0.05, 0.1) is 0 Å². The first-order valence-corrected chi connectivity index (χ1v) is 10.4. The van der Waals surface area contributed by atoms with Gasteiger partial charge < -0.3 is 19.7 Å². The molecule has 1 saturated heterocycles. The molecular weight excluding hydrogens is 430 g/mol. The van der Waals surface area contributed by atoms with E-state index in [0.29, 0.717) is 5.56 Å². The standard InChI is InChI=1S/C24H23NO8/c1-23-17(24(23,20(27)28)21(29)30)12-25(22(31)33-14-16-10-6-3-7-11-16)18(23)19(26)32-13-15-8-4-2-5-9-15/h2-11,17-18H,12-14H2,1H3,(H,27,28)(H,29,30). The fourth-order valence-electron chi connectivity index (χ4n) is 5.11. The lowest BCUT2D eigenvalue weighted by Gasteiger charge is -2.32. The summed E-state index contributed by atoms with van der Waals surface area (Å²) in [5, 5.41) is 19.5. The highest BCUT2D eigenvalue weighted by Gasteiger charge is 2.90. The molecule has 4 rings (SSSR count). The highest BCUT2D eigenvalue weighted by Crippen LogP contribution is 2.75. The Morgan fingerprint density at radius 2 is 1.36 bits per heavy atom. The molecule has 1 amide bonds. The first kappa shape index (κ1) is 22.3. The number of benzene rings is 2. The van der Waals surface area contributed by atoms with E-state index in [1.807, 2.05) is 6.07 Å². The third kappa shape index (κ3) is 3.40. The number of hydrogen-bond donors (Lipinski definition) is 2. The van der Waals surface area contributed by atoms with Gasteiger partial charge in [-0.1, -0.05) is 67.6 Å². The van der Waals surface area contributed by atoms with Gasteiger partial charge in [0.15, 0.2) is 5.41 Å². The van der Waals surface area contributed by atoms with E-state index in [-0.39, 0.29) is 19.8 Å². The Balaban J connectivity index is 1.57. The molecule has 9 heteroatoms. The average molecular weight is 453 g/mol. The van der Waals surface area contributed by atoms with Gasteiger partial charge in [-0.05, 0) is 11.1 Å². The number of carboxylic acid groups (broad SMARTS) is 2. The molecule has 0 bridgehead atoms. The SMILES string of the molecule is CC12C(C(=O)OCc3ccccc3)N(C(=O)OCc3ccccc3)CC1C2(C(=O)O)C(=O)O. The summed E-state index contributed by atoms with van der Waals surface area (Å²) in [6.45, 7) is 1.01. The Morgan fingerprint density at radius 1 is 0.879 bits per heavy atom. The summed E-state index contributed by atoms with van der Waals surface area (Å²) in [6, 6.07) is 16.3. The number of likely N-dealkylation sites (tertiary alicyclic amines) is 1. The van der Waals surface area contributed by atoms with E-state index in [2.05, 4.69) is 0 Å². The molecule has 1 aliphatic carbocycles. The highest BCUT2D eigenvalue weighted by molar-refractivity contribution is 6.06. The maximum Gasteiger partial charge on any atom is 0.410 e. The maximum absolute atomic E-state index is 13.1. The normalized spacial score (nSPS) is 24.5. The summed E-state index contributed by atoms with van der Waals surface area (Å²) < 4.78 is 10.7. The Bertz CT molecular complexity index is 1070. The Morgan fingerprint density at radius 3 is 1.85 bits per heavy atom. The average Bonchev–Trinajstić information content (AvgIpc) is 3.21. The molecule has 2 aromatic carbocycles. The van der Waals surface area contributed by atoms with E-state index in [1.165, 1.54) is 6.92 Å². The van der Waals surface area contributed by atoms with E-state index < -0.39 is 46.8 Å². The Kier molecular flexibility index (Phi) is 5.57. The van der Waals surface area contributed by atoms with Crippen molar-refractivity contribution in [3.8, 4) is 0 Å². The van der Waals surface area contributed by atoms with Gasteiger partial charge in [0, 0.05) is 17.9 Å². The van der Waals surface area contributed by atoms with E-state index >= 15 is 0 Å². The predicted molar refractivity (Wildman–Crippen MR) is 113 cm³/mol. The molecule has 9 nitrogen and oxygen atoms in total. The number of amides is 1. The van der Waals surface area contributed by atoms with Crippen LogP contribution in [-0.2, 0) is 37.1 Å². The largest absolute Gasteiger partial charge is 0.480 e. The molecule has 2 aliphatic rings. The van der Waals surface area contributed by atoms with Crippen LogP contribution in [-0.4, -0.2) is 51.7 Å². The van der Waals surface area contributed by atoms with Crippen molar-refractivity contribution < 1.29 is 38.9 Å². The summed E-state index contributed by atoms with van der Waals surface area (Å²) in [4.78, 5) is 51.1. The van der Waals surface area contributed by atoms with E-state index in [9.17, 15) is 29.4 Å². The molecule has 172 valence electrons. The molecule has 0 aromatic heterocycles. The lowest BCUT2D eigenvalue weighted by molar-refractivity contribution is -0.164. The summed E-state index contributed by atoms with van der Waals surface area (Å²) in [6.07, 6.45) is -0.835. The first-order valence-electron chi connectivity index (χ1n) is 10.4. The van der Waals surface area contributed by atoms with Crippen LogP contribution in [0.5, 0.6) is 0 Å². The number of fused-ring (bicyclic) bond motifs is 1. The van der Waals surface area contributed by atoms with E-state index in [4.69, 9.17) is 9.47 Å². The summed E-state index contributed by atoms with van der Waals surface area (Å²) in [5.74, 6) is -4.91. The van der Waals surface area contributed by atoms with E-state index in [1.54, 1.807) is 54.6 Å². The number of carbonyl (C=O) groups is 4. The van der Waals surface area contributed by atoms with Gasteiger partial charge in [-0.2, -0.15) is 0 Å². The van der Waals surface area contributed by atoms with Crippen LogP contribution >= 0.6 is 0 Å². The summed E-state index contributed by atoms with van der Waals surface area (Å²) in [5.41, 5.74) is -2.29. The Labute approximate surface area is 189 Å². The van der Waals surface area contributed by atoms with Crippen molar-refractivity contribution in [2.45, 2.75) is 26.2 Å². The molecule has 0 radical (unpaired) electrons. The van der Waals surface area contributed by atoms with E-state index in [0.717, 1.165) is 10.5 Å². The fourth-order valence-corrected chi connectivity index (χ4v) is 5.11. The maximum atomic E-state index is 13.1.